The summed E-state index contributed by atoms with van der Waals surface area (Å²) in [5.74, 6) is -0.165. The van der Waals surface area contributed by atoms with Gasteiger partial charge in [-0.2, -0.15) is 0 Å². The van der Waals surface area contributed by atoms with Crippen LogP contribution in [0.2, 0.25) is 5.02 Å². The van der Waals surface area contributed by atoms with Crippen molar-refractivity contribution < 1.29 is 9.13 Å². The van der Waals surface area contributed by atoms with Gasteiger partial charge in [-0.25, -0.2) is 4.39 Å². The molecular formula is C13H19ClFNO. The third-order valence-electron chi connectivity index (χ3n) is 2.54. The van der Waals surface area contributed by atoms with Crippen LogP contribution in [0.5, 0.6) is 0 Å². The highest BCUT2D eigenvalue weighted by atomic mass is 35.5. The van der Waals surface area contributed by atoms with Crippen molar-refractivity contribution in [2.45, 2.75) is 19.3 Å². The molecule has 0 aromatic heterocycles. The number of hydrogen-bond donors (Lipinski definition) is 1. The van der Waals surface area contributed by atoms with Gasteiger partial charge in [-0.3, -0.25) is 0 Å². The van der Waals surface area contributed by atoms with E-state index in [2.05, 4.69) is 5.32 Å². The molecule has 0 fully saturated rings. The fourth-order valence-electron chi connectivity index (χ4n) is 1.60. The summed E-state index contributed by atoms with van der Waals surface area (Å²) in [7, 11) is 1.68. The van der Waals surface area contributed by atoms with Crippen LogP contribution in [-0.4, -0.2) is 26.8 Å². The van der Waals surface area contributed by atoms with Crippen molar-refractivity contribution in [2.24, 2.45) is 0 Å². The Bertz CT molecular complexity index is 333. The normalized spacial score (nSPS) is 10.8. The van der Waals surface area contributed by atoms with Crippen molar-refractivity contribution in [2.75, 3.05) is 26.8 Å². The highest BCUT2D eigenvalue weighted by Crippen LogP contribution is 2.16. The Morgan fingerprint density at radius 2 is 2.12 bits per heavy atom. The van der Waals surface area contributed by atoms with Gasteiger partial charge in [0.15, 0.2) is 0 Å². The zero-order valence-electron chi connectivity index (χ0n) is 10.1. The van der Waals surface area contributed by atoms with Gasteiger partial charge < -0.3 is 10.1 Å². The summed E-state index contributed by atoms with van der Waals surface area (Å²) in [4.78, 5) is 0. The fourth-order valence-corrected chi connectivity index (χ4v) is 1.79. The molecule has 1 N–H and O–H groups in total. The van der Waals surface area contributed by atoms with Gasteiger partial charge in [-0.1, -0.05) is 11.6 Å². The second kappa shape index (κ2) is 8.45. The summed E-state index contributed by atoms with van der Waals surface area (Å²) in [6, 6.07) is 4.70. The zero-order chi connectivity index (χ0) is 12.5. The van der Waals surface area contributed by atoms with Crippen LogP contribution < -0.4 is 5.32 Å². The Morgan fingerprint density at radius 3 is 2.88 bits per heavy atom. The molecule has 17 heavy (non-hydrogen) atoms. The molecule has 0 heterocycles. The topological polar surface area (TPSA) is 21.3 Å². The number of hydrogen-bond acceptors (Lipinski definition) is 2. The predicted molar refractivity (Wildman–Crippen MR) is 69.1 cm³/mol. The first-order valence-electron chi connectivity index (χ1n) is 5.87. The van der Waals surface area contributed by atoms with Gasteiger partial charge in [-0.05, 0) is 49.6 Å². The molecule has 0 aliphatic heterocycles. The minimum atomic E-state index is -0.165. The van der Waals surface area contributed by atoms with Crippen LogP contribution >= 0.6 is 11.6 Å². The molecule has 0 saturated heterocycles. The number of benzene rings is 1. The van der Waals surface area contributed by atoms with E-state index >= 15 is 0 Å². The van der Waals surface area contributed by atoms with Gasteiger partial charge in [0.2, 0.25) is 0 Å². The van der Waals surface area contributed by atoms with Crippen LogP contribution in [0, 0.1) is 5.82 Å². The molecule has 0 aliphatic carbocycles. The molecule has 1 aromatic carbocycles. The van der Waals surface area contributed by atoms with Gasteiger partial charge in [0.25, 0.3) is 0 Å². The van der Waals surface area contributed by atoms with Gasteiger partial charge in [0.1, 0.15) is 5.82 Å². The van der Waals surface area contributed by atoms with Crippen LogP contribution in [0.4, 0.5) is 4.39 Å². The van der Waals surface area contributed by atoms with Crippen molar-refractivity contribution in [3.63, 3.8) is 0 Å². The Morgan fingerprint density at radius 1 is 1.29 bits per heavy atom. The summed E-state index contributed by atoms with van der Waals surface area (Å²) in [6.07, 6.45) is 2.71. The molecule has 0 amide bonds. The summed E-state index contributed by atoms with van der Waals surface area (Å²) in [6.45, 7) is 2.52. The molecule has 0 aliphatic rings. The predicted octanol–water partition coefficient (Wildman–Crippen LogP) is 3.04. The highest BCUT2D eigenvalue weighted by molar-refractivity contribution is 6.30. The average molecular weight is 260 g/mol. The minimum Gasteiger partial charge on any atom is -0.383 e. The lowest BCUT2D eigenvalue weighted by Gasteiger charge is -2.05. The maximum absolute atomic E-state index is 13.4. The number of methoxy groups -OCH3 is 1. The molecular weight excluding hydrogens is 241 g/mol. The Hall–Kier alpha value is -0.640. The molecule has 0 atom stereocenters. The molecule has 1 aromatic rings. The number of unbranched alkanes of at least 4 members (excludes halogenated alkanes) is 1. The molecule has 96 valence electrons. The number of rotatable bonds is 8. The van der Waals surface area contributed by atoms with E-state index in [1.807, 2.05) is 0 Å². The van der Waals surface area contributed by atoms with Crippen LogP contribution in [0.15, 0.2) is 18.2 Å². The lowest BCUT2D eigenvalue weighted by Crippen LogP contribution is -2.20. The maximum Gasteiger partial charge on any atom is 0.126 e. The van der Waals surface area contributed by atoms with E-state index in [9.17, 15) is 4.39 Å². The van der Waals surface area contributed by atoms with Crippen LogP contribution in [0.3, 0.4) is 0 Å². The van der Waals surface area contributed by atoms with Crippen molar-refractivity contribution in [1.29, 1.82) is 0 Å². The van der Waals surface area contributed by atoms with E-state index in [-0.39, 0.29) is 5.82 Å². The third kappa shape index (κ3) is 6.01. The molecule has 0 spiro atoms. The SMILES string of the molecule is COCCNCCCCc1cc(Cl)ccc1F. The van der Waals surface area contributed by atoms with Crippen LogP contribution in [0.1, 0.15) is 18.4 Å². The van der Waals surface area contributed by atoms with Crippen molar-refractivity contribution in [1.82, 2.24) is 5.32 Å². The van der Waals surface area contributed by atoms with Crippen LogP contribution in [-0.2, 0) is 11.2 Å². The highest BCUT2D eigenvalue weighted by Gasteiger charge is 2.02. The molecule has 0 saturated carbocycles. The smallest absolute Gasteiger partial charge is 0.126 e. The van der Waals surface area contributed by atoms with Gasteiger partial charge in [0.05, 0.1) is 6.61 Å². The van der Waals surface area contributed by atoms with E-state index < -0.39 is 0 Å². The maximum atomic E-state index is 13.4. The third-order valence-corrected chi connectivity index (χ3v) is 2.78. The van der Waals surface area contributed by atoms with E-state index in [0.717, 1.165) is 39.0 Å². The lowest BCUT2D eigenvalue weighted by molar-refractivity contribution is 0.199. The van der Waals surface area contributed by atoms with E-state index in [4.69, 9.17) is 16.3 Å². The molecule has 1 rings (SSSR count). The first-order chi connectivity index (χ1) is 8.24. The summed E-state index contributed by atoms with van der Waals surface area (Å²) < 4.78 is 18.3. The van der Waals surface area contributed by atoms with E-state index in [1.165, 1.54) is 6.07 Å². The van der Waals surface area contributed by atoms with Gasteiger partial charge >= 0.3 is 0 Å². The van der Waals surface area contributed by atoms with Gasteiger partial charge in [0, 0.05) is 18.7 Å². The Labute approximate surface area is 107 Å². The summed E-state index contributed by atoms with van der Waals surface area (Å²) in [5, 5.41) is 3.85. The second-order valence-corrected chi connectivity index (χ2v) is 4.37. The Balaban J connectivity index is 2.15. The molecule has 0 radical (unpaired) electrons. The van der Waals surface area contributed by atoms with Crippen molar-refractivity contribution >= 4 is 11.6 Å². The molecule has 0 unspecified atom stereocenters. The van der Waals surface area contributed by atoms with E-state index in [1.54, 1.807) is 19.2 Å². The number of nitrogens with one attached hydrogen (secondary N) is 1. The minimum absolute atomic E-state index is 0.165. The Kier molecular flexibility index (Phi) is 7.17. The lowest BCUT2D eigenvalue weighted by atomic mass is 10.1. The first-order valence-corrected chi connectivity index (χ1v) is 6.25. The second-order valence-electron chi connectivity index (χ2n) is 3.94. The standard InChI is InChI=1S/C13H19ClFNO/c1-17-9-8-16-7-3-2-4-11-10-12(14)5-6-13(11)15/h5-6,10,16H,2-4,7-9H2,1H3. The monoisotopic (exact) mass is 259 g/mol. The summed E-state index contributed by atoms with van der Waals surface area (Å²) in [5.41, 5.74) is 0.703. The van der Waals surface area contributed by atoms with E-state index in [0.29, 0.717) is 10.6 Å². The average Bonchev–Trinajstić information content (AvgIpc) is 2.32. The molecule has 2 nitrogen and oxygen atoms in total. The van der Waals surface area contributed by atoms with Gasteiger partial charge in [-0.15, -0.1) is 0 Å². The van der Waals surface area contributed by atoms with Crippen molar-refractivity contribution in [3.8, 4) is 0 Å². The fraction of sp³-hybridized carbons (Fsp3) is 0.538. The quantitative estimate of drug-likeness (QED) is 0.725. The number of ether oxygens (including phenoxy) is 1. The van der Waals surface area contributed by atoms with Crippen molar-refractivity contribution in [3.05, 3.63) is 34.6 Å². The number of halogens is 2. The largest absolute Gasteiger partial charge is 0.383 e. The first kappa shape index (κ1) is 14.4. The summed E-state index contributed by atoms with van der Waals surface area (Å²) >= 11 is 5.82. The molecule has 4 heteroatoms. The zero-order valence-corrected chi connectivity index (χ0v) is 10.9. The number of aryl methyl sites for hydroxylation is 1. The van der Waals surface area contributed by atoms with Crippen LogP contribution in [0.25, 0.3) is 0 Å². The molecule has 0 bridgehead atoms.